The fraction of sp³-hybridized carbons (Fsp3) is 0.600. The zero-order chi connectivity index (χ0) is 22.2. The number of piperazine rings is 1. The van der Waals surface area contributed by atoms with E-state index in [0.29, 0.717) is 56.6 Å². The highest BCUT2D eigenvalue weighted by atomic mass is 32.2. The minimum absolute atomic E-state index is 0.0604. The molecule has 3 aliphatic rings. The van der Waals surface area contributed by atoms with E-state index >= 15 is 0 Å². The van der Waals surface area contributed by atoms with Crippen molar-refractivity contribution in [2.45, 2.75) is 25.9 Å². The second-order valence-electron chi connectivity index (χ2n) is 8.06. The molecule has 1 aromatic carbocycles. The van der Waals surface area contributed by atoms with Crippen LogP contribution in [0, 0.1) is 11.7 Å². The average molecular weight is 471 g/mol. The number of ether oxygens (including phenoxy) is 1. The topological polar surface area (TPSA) is 82.2 Å². The van der Waals surface area contributed by atoms with Crippen LogP contribution in [0.15, 0.2) is 18.2 Å². The third kappa shape index (κ3) is 4.93. The van der Waals surface area contributed by atoms with Gasteiger partial charge in [-0.3, -0.25) is 4.90 Å². The summed E-state index contributed by atoms with van der Waals surface area (Å²) >= 11 is 5.30. The fourth-order valence-electron chi connectivity index (χ4n) is 3.85. The minimum Gasteiger partial charge on any atom is -0.442 e. The molecule has 1 saturated carbocycles. The Labute approximate surface area is 187 Å². The molecule has 2 aliphatic heterocycles. The lowest BCUT2D eigenvalue weighted by atomic mass is 10.2. The standard InChI is InChI=1S/C20H27FN4O4S2/c1-2-31(27,28)24-9-7-23(8-10-24)18-6-5-15(11-17(18)21)25-13-16(29-20(25)26)12-22-19(30)14-3-4-14/h5-6,11,14,16H,2-4,7-10,12-13H2,1H3,(H,22,30)/t16-/m0/s1. The molecule has 0 aromatic heterocycles. The number of rotatable bonds is 7. The van der Waals surface area contributed by atoms with Gasteiger partial charge >= 0.3 is 6.09 Å². The van der Waals surface area contributed by atoms with Crippen molar-refractivity contribution in [1.29, 1.82) is 0 Å². The Bertz CT molecular complexity index is 962. The van der Waals surface area contributed by atoms with Crippen LogP contribution in [-0.4, -0.2) is 74.9 Å². The van der Waals surface area contributed by atoms with E-state index < -0.39 is 21.9 Å². The number of hydrogen-bond donors (Lipinski definition) is 1. The average Bonchev–Trinajstić information content (AvgIpc) is 3.55. The number of carbonyl (C=O) groups is 1. The molecular weight excluding hydrogens is 443 g/mol. The van der Waals surface area contributed by atoms with Crippen molar-refractivity contribution >= 4 is 44.7 Å². The molecular formula is C20H27FN4O4S2. The first-order valence-electron chi connectivity index (χ1n) is 10.6. The van der Waals surface area contributed by atoms with Crippen LogP contribution in [0.2, 0.25) is 0 Å². The van der Waals surface area contributed by atoms with E-state index in [4.69, 9.17) is 17.0 Å². The molecule has 0 radical (unpaired) electrons. The minimum atomic E-state index is -3.24. The predicted molar refractivity (Wildman–Crippen MR) is 121 cm³/mol. The summed E-state index contributed by atoms with van der Waals surface area (Å²) in [5.74, 6) is 0.0626. The SMILES string of the molecule is CCS(=O)(=O)N1CCN(c2ccc(N3C[C@H](CNC(=S)C4CC4)OC3=O)cc2F)CC1. The van der Waals surface area contributed by atoms with Gasteiger partial charge in [-0.15, -0.1) is 0 Å². The number of benzene rings is 1. The maximum absolute atomic E-state index is 14.9. The van der Waals surface area contributed by atoms with E-state index in [-0.39, 0.29) is 11.9 Å². The monoisotopic (exact) mass is 470 g/mol. The molecule has 31 heavy (non-hydrogen) atoms. The van der Waals surface area contributed by atoms with Crippen molar-refractivity contribution in [3.63, 3.8) is 0 Å². The van der Waals surface area contributed by atoms with Gasteiger partial charge in [0.1, 0.15) is 11.9 Å². The van der Waals surface area contributed by atoms with Gasteiger partial charge in [0.2, 0.25) is 10.0 Å². The normalized spacial score (nSPS) is 22.5. The van der Waals surface area contributed by atoms with Crippen molar-refractivity contribution in [2.75, 3.05) is 54.8 Å². The number of amides is 1. The number of halogens is 1. The summed E-state index contributed by atoms with van der Waals surface area (Å²) in [6.45, 7) is 3.87. The van der Waals surface area contributed by atoms with Crippen molar-refractivity contribution in [1.82, 2.24) is 9.62 Å². The summed E-state index contributed by atoms with van der Waals surface area (Å²) in [5.41, 5.74) is 0.837. The molecule has 2 saturated heterocycles. The summed E-state index contributed by atoms with van der Waals surface area (Å²) in [4.78, 5) is 16.3. The van der Waals surface area contributed by atoms with Gasteiger partial charge in [-0.1, -0.05) is 12.2 Å². The van der Waals surface area contributed by atoms with Gasteiger partial charge in [0.05, 0.1) is 35.2 Å². The molecule has 0 spiro atoms. The van der Waals surface area contributed by atoms with Gasteiger partial charge in [0.15, 0.2) is 0 Å². The first-order chi connectivity index (χ1) is 14.8. The molecule has 3 fully saturated rings. The summed E-state index contributed by atoms with van der Waals surface area (Å²) in [6.07, 6.45) is 1.37. The van der Waals surface area contributed by atoms with Crippen molar-refractivity contribution in [2.24, 2.45) is 5.92 Å². The van der Waals surface area contributed by atoms with Crippen LogP contribution in [0.3, 0.4) is 0 Å². The molecule has 1 N–H and O–H groups in total. The molecule has 1 aliphatic carbocycles. The van der Waals surface area contributed by atoms with E-state index in [1.165, 1.54) is 15.3 Å². The Morgan fingerprint density at radius 1 is 1.26 bits per heavy atom. The molecule has 0 unspecified atom stereocenters. The Hall–Kier alpha value is -1.98. The van der Waals surface area contributed by atoms with Crippen LogP contribution in [-0.2, 0) is 14.8 Å². The fourth-order valence-corrected chi connectivity index (χ4v) is 5.26. The lowest BCUT2D eigenvalue weighted by Crippen LogP contribution is -2.49. The molecule has 1 atom stereocenters. The Morgan fingerprint density at radius 3 is 2.58 bits per heavy atom. The third-order valence-electron chi connectivity index (χ3n) is 5.91. The number of sulfonamides is 1. The Balaban J connectivity index is 1.36. The van der Waals surface area contributed by atoms with Crippen LogP contribution in [0.5, 0.6) is 0 Å². The maximum Gasteiger partial charge on any atom is 0.414 e. The summed E-state index contributed by atoms with van der Waals surface area (Å²) < 4.78 is 45.7. The molecule has 2 heterocycles. The molecule has 4 rings (SSSR count). The molecule has 0 bridgehead atoms. The number of cyclic esters (lactones) is 1. The molecule has 170 valence electrons. The van der Waals surface area contributed by atoms with Gasteiger partial charge in [-0.2, -0.15) is 4.31 Å². The highest BCUT2D eigenvalue weighted by molar-refractivity contribution is 7.89. The summed E-state index contributed by atoms with van der Waals surface area (Å²) in [7, 11) is -3.24. The molecule has 1 aromatic rings. The van der Waals surface area contributed by atoms with Crippen LogP contribution < -0.4 is 15.1 Å². The number of carbonyl (C=O) groups excluding carboxylic acids is 1. The number of anilines is 2. The third-order valence-corrected chi connectivity index (χ3v) is 8.27. The number of hydrogen-bond acceptors (Lipinski definition) is 6. The first kappa shape index (κ1) is 22.2. The van der Waals surface area contributed by atoms with Crippen LogP contribution in [0.1, 0.15) is 19.8 Å². The smallest absolute Gasteiger partial charge is 0.414 e. The highest BCUT2D eigenvalue weighted by Gasteiger charge is 2.34. The zero-order valence-electron chi connectivity index (χ0n) is 17.4. The van der Waals surface area contributed by atoms with Gasteiger partial charge in [-0.25, -0.2) is 17.6 Å². The summed E-state index contributed by atoms with van der Waals surface area (Å²) in [6, 6.07) is 4.66. The van der Waals surface area contributed by atoms with Gasteiger partial charge in [0, 0.05) is 32.1 Å². The second-order valence-corrected chi connectivity index (χ2v) is 10.8. The number of thiocarbonyl (C=S) groups is 1. The zero-order valence-corrected chi connectivity index (χ0v) is 19.1. The van der Waals surface area contributed by atoms with Crippen LogP contribution in [0.25, 0.3) is 0 Å². The lowest BCUT2D eigenvalue weighted by Gasteiger charge is -2.35. The number of nitrogens with one attached hydrogen (secondary N) is 1. The summed E-state index contributed by atoms with van der Waals surface area (Å²) in [5, 5.41) is 3.16. The van der Waals surface area contributed by atoms with E-state index in [9.17, 15) is 17.6 Å². The lowest BCUT2D eigenvalue weighted by molar-refractivity contribution is 0.143. The van der Waals surface area contributed by atoms with Crippen molar-refractivity contribution in [3.8, 4) is 0 Å². The largest absolute Gasteiger partial charge is 0.442 e. The van der Waals surface area contributed by atoms with Gasteiger partial charge in [-0.05, 0) is 38.0 Å². The molecule has 8 nitrogen and oxygen atoms in total. The molecule has 11 heteroatoms. The van der Waals surface area contributed by atoms with Crippen molar-refractivity contribution in [3.05, 3.63) is 24.0 Å². The maximum atomic E-state index is 14.9. The quantitative estimate of drug-likeness (QED) is 0.610. The van der Waals surface area contributed by atoms with E-state index in [1.807, 2.05) is 4.90 Å². The first-order valence-corrected chi connectivity index (χ1v) is 12.6. The highest BCUT2D eigenvalue weighted by Crippen LogP contribution is 2.30. The second kappa shape index (κ2) is 8.87. The Kier molecular flexibility index (Phi) is 6.36. The van der Waals surface area contributed by atoms with E-state index in [1.54, 1.807) is 19.1 Å². The molecule has 1 amide bonds. The van der Waals surface area contributed by atoms with Crippen LogP contribution in [0.4, 0.5) is 20.6 Å². The Morgan fingerprint density at radius 2 is 1.97 bits per heavy atom. The predicted octanol–water partition coefficient (Wildman–Crippen LogP) is 1.95. The van der Waals surface area contributed by atoms with Gasteiger partial charge in [0.25, 0.3) is 0 Å². The van der Waals surface area contributed by atoms with E-state index in [2.05, 4.69) is 5.32 Å². The number of nitrogens with zero attached hydrogens (tertiary/aromatic N) is 3. The van der Waals surface area contributed by atoms with Crippen molar-refractivity contribution < 1.29 is 22.3 Å². The van der Waals surface area contributed by atoms with Crippen LogP contribution >= 0.6 is 12.2 Å². The van der Waals surface area contributed by atoms with E-state index in [0.717, 1.165) is 17.8 Å². The van der Waals surface area contributed by atoms with Gasteiger partial charge < -0.3 is 15.0 Å².